The second-order valence-corrected chi connectivity index (χ2v) is 19.4. The van der Waals surface area contributed by atoms with Crippen LogP contribution in [0, 0.1) is 0 Å². The summed E-state index contributed by atoms with van der Waals surface area (Å²) >= 11 is 0. The number of benzene rings is 6. The van der Waals surface area contributed by atoms with E-state index in [-0.39, 0.29) is 90.6 Å². The van der Waals surface area contributed by atoms with Crippen LogP contribution in [0.25, 0.3) is 21.5 Å². The zero-order valence-electron chi connectivity index (χ0n) is 35.5. The molecule has 0 fully saturated rings. The van der Waals surface area contributed by atoms with Gasteiger partial charge in [0.15, 0.2) is 0 Å². The van der Waals surface area contributed by atoms with Crippen LogP contribution in [0.3, 0.4) is 0 Å². The standard InChI is InChI=1S/C39H33N9O17S4/c1-62-29-17-27(47-45-19-11-23-21(35(13-19)68(56,57)58)7-5-9-33(23)66(50,51)52)31(64-3)15-25(29)40-37-42-38(44-39(49)43-37)41-26-16-32(65-4)28(18-30(26)63-2)48-46-20-12-24-22(36(14-20)69(59,60)61)8-6-10-34(24)67(53,54)55/h5-18H,1-4H3,(H,50,51,52)(H,53,54,55)(H,56,57,58)(H,59,60,61)(H3,40,41,42,43,44,49). The Bertz CT molecular complexity index is 3520. The average Bonchev–Trinajstić information content (AvgIpc) is 3.27. The number of hydrogen-bond acceptors (Lipinski definition) is 22. The van der Waals surface area contributed by atoms with E-state index in [0.717, 1.165) is 36.4 Å². The van der Waals surface area contributed by atoms with Gasteiger partial charge >= 0.3 is 6.01 Å². The van der Waals surface area contributed by atoms with Crippen molar-refractivity contribution in [2.75, 3.05) is 39.1 Å². The largest absolute Gasteiger partial charge is 0.494 e. The molecule has 1 heterocycles. The van der Waals surface area contributed by atoms with Crippen LogP contribution in [0.1, 0.15) is 0 Å². The fraction of sp³-hybridized carbons (Fsp3) is 0.103. The number of anilines is 4. The highest BCUT2D eigenvalue weighted by Crippen LogP contribution is 2.43. The molecule has 69 heavy (non-hydrogen) atoms. The second-order valence-electron chi connectivity index (χ2n) is 13.9. The lowest BCUT2D eigenvalue weighted by Crippen LogP contribution is -2.05. The van der Waals surface area contributed by atoms with E-state index < -0.39 is 66.1 Å². The maximum atomic E-state index is 12.3. The third-order valence-corrected chi connectivity index (χ3v) is 13.2. The van der Waals surface area contributed by atoms with Crippen LogP contribution in [-0.4, -0.2) is 100 Å². The van der Waals surface area contributed by atoms with Gasteiger partial charge in [0, 0.05) is 45.8 Å². The Hall–Kier alpha value is -7.71. The van der Waals surface area contributed by atoms with Gasteiger partial charge in [-0.25, -0.2) is 0 Å². The quantitative estimate of drug-likeness (QED) is 0.0371. The first-order valence-electron chi connectivity index (χ1n) is 18.8. The molecule has 0 unspecified atom stereocenters. The zero-order valence-corrected chi connectivity index (χ0v) is 38.7. The Labute approximate surface area is 390 Å². The van der Waals surface area contributed by atoms with Crippen molar-refractivity contribution in [2.45, 2.75) is 19.6 Å². The summed E-state index contributed by atoms with van der Waals surface area (Å²) in [5, 5.41) is 31.6. The summed E-state index contributed by atoms with van der Waals surface area (Å²) in [7, 11) is -14.4. The smallest absolute Gasteiger partial charge is 0.320 e. The molecule has 0 bridgehead atoms. The lowest BCUT2D eigenvalue weighted by molar-refractivity contribution is 0.405. The monoisotopic (exact) mass is 1030 g/mol. The van der Waals surface area contributed by atoms with Gasteiger partial charge in [0.25, 0.3) is 40.5 Å². The van der Waals surface area contributed by atoms with Gasteiger partial charge in [-0.05, 0) is 36.4 Å². The number of nitrogens with one attached hydrogen (secondary N) is 2. The summed E-state index contributed by atoms with van der Waals surface area (Å²) < 4.78 is 159. The minimum atomic E-state index is -4.94. The molecule has 0 radical (unpaired) electrons. The molecular formula is C39H33N9O17S4. The maximum Gasteiger partial charge on any atom is 0.320 e. The van der Waals surface area contributed by atoms with E-state index in [1.165, 1.54) is 77.0 Å². The van der Waals surface area contributed by atoms with Crippen molar-refractivity contribution in [1.82, 2.24) is 15.0 Å². The van der Waals surface area contributed by atoms with E-state index >= 15 is 0 Å². The first kappa shape index (κ1) is 49.2. The molecule has 0 amide bonds. The number of hydrogen-bond donors (Lipinski definition) is 7. The molecule has 30 heteroatoms. The zero-order chi connectivity index (χ0) is 50.2. The first-order chi connectivity index (χ1) is 32.4. The van der Waals surface area contributed by atoms with Crippen molar-refractivity contribution < 1.29 is 75.9 Å². The predicted octanol–water partition coefficient (Wildman–Crippen LogP) is 7.22. The Kier molecular flexibility index (Phi) is 13.4. The van der Waals surface area contributed by atoms with E-state index in [2.05, 4.69) is 46.0 Å². The summed E-state index contributed by atoms with van der Waals surface area (Å²) in [6, 6.07) is 15.6. The number of aromatic nitrogens is 3. The molecule has 6 aromatic carbocycles. The van der Waals surface area contributed by atoms with Crippen LogP contribution in [0.15, 0.2) is 125 Å². The molecule has 26 nitrogen and oxygen atoms in total. The summed E-state index contributed by atoms with van der Waals surface area (Å²) in [4.78, 5) is 9.38. The van der Waals surface area contributed by atoms with Crippen LogP contribution in [0.5, 0.6) is 29.0 Å². The van der Waals surface area contributed by atoms with Crippen molar-refractivity contribution in [1.29, 1.82) is 0 Å². The lowest BCUT2D eigenvalue weighted by atomic mass is 10.1. The molecule has 0 aliphatic heterocycles. The Morgan fingerprint density at radius 1 is 0.435 bits per heavy atom. The van der Waals surface area contributed by atoms with Gasteiger partial charge in [-0.15, -0.1) is 10.2 Å². The molecule has 0 saturated heterocycles. The summed E-state index contributed by atoms with van der Waals surface area (Å²) in [6.07, 6.45) is 0. The van der Waals surface area contributed by atoms with Crippen LogP contribution in [0.4, 0.5) is 46.0 Å². The molecule has 0 saturated carbocycles. The first-order valence-corrected chi connectivity index (χ1v) is 24.6. The van der Waals surface area contributed by atoms with Crippen molar-refractivity contribution in [3.63, 3.8) is 0 Å². The molecule has 0 aliphatic carbocycles. The Morgan fingerprint density at radius 3 is 1.13 bits per heavy atom. The molecule has 1 aromatic heterocycles. The third kappa shape index (κ3) is 10.7. The van der Waals surface area contributed by atoms with Crippen LogP contribution in [-0.2, 0) is 40.5 Å². The molecule has 7 aromatic rings. The Morgan fingerprint density at radius 2 is 0.797 bits per heavy atom. The maximum absolute atomic E-state index is 12.3. The summed E-state index contributed by atoms with van der Waals surface area (Å²) in [6.45, 7) is 0. The van der Waals surface area contributed by atoms with Crippen molar-refractivity contribution in [2.24, 2.45) is 20.5 Å². The lowest BCUT2D eigenvalue weighted by Gasteiger charge is -2.15. The third-order valence-electron chi connectivity index (χ3n) is 9.58. The molecule has 7 rings (SSSR count). The minimum Gasteiger partial charge on any atom is -0.494 e. The van der Waals surface area contributed by atoms with E-state index in [1.807, 2.05) is 0 Å². The normalized spacial score (nSPS) is 12.5. The molecule has 0 spiro atoms. The molecule has 0 aliphatic rings. The number of rotatable bonds is 16. The number of aromatic hydroxyl groups is 1. The van der Waals surface area contributed by atoms with Crippen molar-refractivity contribution >= 4 is 108 Å². The fourth-order valence-corrected chi connectivity index (χ4v) is 9.51. The summed E-state index contributed by atoms with van der Waals surface area (Å²) in [5.74, 6) is -0.308. The van der Waals surface area contributed by atoms with E-state index in [1.54, 1.807) is 0 Å². The van der Waals surface area contributed by atoms with Gasteiger partial charge in [0.2, 0.25) is 11.9 Å². The van der Waals surface area contributed by atoms with Gasteiger partial charge in [0.05, 0.1) is 51.2 Å². The molecule has 7 N–H and O–H groups in total. The predicted molar refractivity (Wildman–Crippen MR) is 243 cm³/mol. The van der Waals surface area contributed by atoms with Crippen molar-refractivity contribution in [3.05, 3.63) is 84.9 Å². The number of ether oxygens (including phenoxy) is 4. The highest BCUT2D eigenvalue weighted by Gasteiger charge is 2.24. The summed E-state index contributed by atoms with van der Waals surface area (Å²) in [5.41, 5.74) is -0.234. The average molecular weight is 1030 g/mol. The van der Waals surface area contributed by atoms with Gasteiger partial charge in [-0.3, -0.25) is 18.2 Å². The van der Waals surface area contributed by atoms with E-state index in [9.17, 15) is 57.0 Å². The SMILES string of the molecule is COc1cc(Nc2nc(O)nc(Nc3cc(OC)c(N=Nc4cc(S(=O)(=O)O)c5cccc(S(=O)(=O)O)c5c4)cc3OC)n2)c(OC)cc1N=Nc1cc(S(=O)(=O)O)c2cccc(S(=O)(=O)O)c2c1. The number of fused-ring (bicyclic) bond motifs is 2. The highest BCUT2D eigenvalue weighted by molar-refractivity contribution is 7.87. The highest BCUT2D eigenvalue weighted by atomic mass is 32.2. The number of methoxy groups -OCH3 is 4. The molecule has 360 valence electrons. The molecule has 0 atom stereocenters. The second kappa shape index (κ2) is 18.8. The van der Waals surface area contributed by atoms with Crippen LogP contribution in [0.2, 0.25) is 0 Å². The molecular weight excluding hydrogens is 995 g/mol. The van der Waals surface area contributed by atoms with Gasteiger partial charge < -0.3 is 34.7 Å². The number of azo groups is 2. The van der Waals surface area contributed by atoms with Crippen LogP contribution < -0.4 is 29.6 Å². The van der Waals surface area contributed by atoms with Gasteiger partial charge in [-0.2, -0.15) is 58.9 Å². The number of nitrogens with zero attached hydrogens (tertiary/aromatic N) is 7. The topological polar surface area (TPSA) is 387 Å². The fourth-order valence-electron chi connectivity index (χ4n) is 6.67. The minimum absolute atomic E-state index is 0.00672. The van der Waals surface area contributed by atoms with Crippen LogP contribution >= 0.6 is 0 Å². The van der Waals surface area contributed by atoms with Crippen molar-refractivity contribution in [3.8, 4) is 29.0 Å². The van der Waals surface area contributed by atoms with E-state index in [0.29, 0.717) is 0 Å². The Balaban J connectivity index is 1.19. The van der Waals surface area contributed by atoms with Gasteiger partial charge in [-0.1, -0.05) is 24.3 Å². The van der Waals surface area contributed by atoms with E-state index in [4.69, 9.17) is 18.9 Å². The van der Waals surface area contributed by atoms with Gasteiger partial charge in [0.1, 0.15) is 54.0 Å².